The SMILES string of the molecule is COc1ccc(N2CCN(S(=O)(=O)c3cccc(C)c3)CC2C)cc1. The van der Waals surface area contributed by atoms with Crippen molar-refractivity contribution in [3.63, 3.8) is 0 Å². The monoisotopic (exact) mass is 360 g/mol. The first-order valence-electron chi connectivity index (χ1n) is 8.39. The number of hydrogen-bond acceptors (Lipinski definition) is 4. The van der Waals surface area contributed by atoms with Gasteiger partial charge in [0, 0.05) is 31.4 Å². The van der Waals surface area contributed by atoms with Crippen molar-refractivity contribution in [3.05, 3.63) is 54.1 Å². The topological polar surface area (TPSA) is 49.9 Å². The second-order valence-corrected chi connectivity index (χ2v) is 8.36. The number of ether oxygens (including phenoxy) is 1. The van der Waals surface area contributed by atoms with Crippen LogP contribution in [-0.4, -0.2) is 45.5 Å². The minimum atomic E-state index is -3.45. The molecule has 5 nitrogen and oxygen atoms in total. The Hall–Kier alpha value is -2.05. The van der Waals surface area contributed by atoms with Crippen molar-refractivity contribution in [2.75, 3.05) is 31.6 Å². The van der Waals surface area contributed by atoms with Crippen LogP contribution in [0.15, 0.2) is 53.4 Å². The average Bonchev–Trinajstić information content (AvgIpc) is 2.62. The highest BCUT2D eigenvalue weighted by Crippen LogP contribution is 2.26. The van der Waals surface area contributed by atoms with Crippen LogP contribution in [0.25, 0.3) is 0 Å². The summed E-state index contributed by atoms with van der Waals surface area (Å²) in [7, 11) is -1.80. The molecule has 2 aromatic carbocycles. The minimum absolute atomic E-state index is 0.0988. The first-order chi connectivity index (χ1) is 11.9. The molecule has 0 radical (unpaired) electrons. The molecular weight excluding hydrogens is 336 g/mol. The fourth-order valence-electron chi connectivity index (χ4n) is 3.22. The Morgan fingerprint density at radius 2 is 1.80 bits per heavy atom. The van der Waals surface area contributed by atoms with Crippen LogP contribution < -0.4 is 9.64 Å². The molecule has 2 aromatic rings. The van der Waals surface area contributed by atoms with Crippen molar-refractivity contribution in [2.24, 2.45) is 0 Å². The van der Waals surface area contributed by atoms with Crippen LogP contribution in [0.3, 0.4) is 0 Å². The van der Waals surface area contributed by atoms with E-state index in [1.54, 1.807) is 29.6 Å². The summed E-state index contributed by atoms with van der Waals surface area (Å²) in [4.78, 5) is 2.61. The molecule has 1 atom stereocenters. The maximum absolute atomic E-state index is 12.9. The summed E-state index contributed by atoms with van der Waals surface area (Å²) in [6.45, 7) is 5.58. The van der Waals surface area contributed by atoms with E-state index in [0.29, 0.717) is 24.5 Å². The quantitative estimate of drug-likeness (QED) is 0.841. The Balaban J connectivity index is 1.76. The van der Waals surface area contributed by atoms with Gasteiger partial charge in [0.2, 0.25) is 10.0 Å². The summed E-state index contributed by atoms with van der Waals surface area (Å²) in [6, 6.07) is 15.1. The number of methoxy groups -OCH3 is 1. The molecular formula is C19H24N2O3S. The molecule has 1 saturated heterocycles. The van der Waals surface area contributed by atoms with Gasteiger partial charge in [-0.3, -0.25) is 0 Å². The maximum Gasteiger partial charge on any atom is 0.243 e. The van der Waals surface area contributed by atoms with Crippen LogP contribution >= 0.6 is 0 Å². The predicted molar refractivity (Wildman–Crippen MR) is 99.7 cm³/mol. The molecule has 25 heavy (non-hydrogen) atoms. The van der Waals surface area contributed by atoms with Crippen LogP contribution in [0.1, 0.15) is 12.5 Å². The van der Waals surface area contributed by atoms with E-state index in [2.05, 4.69) is 11.8 Å². The van der Waals surface area contributed by atoms with E-state index in [0.717, 1.165) is 17.0 Å². The first kappa shape index (κ1) is 17.8. The standard InChI is InChI=1S/C19H24N2O3S/c1-15-5-4-6-19(13-15)25(22,23)20-11-12-21(16(2)14-20)17-7-9-18(24-3)10-8-17/h4-10,13,16H,11-12,14H2,1-3H3. The van der Waals surface area contributed by atoms with Crippen LogP contribution in [0.2, 0.25) is 0 Å². The molecule has 1 fully saturated rings. The lowest BCUT2D eigenvalue weighted by atomic mass is 10.2. The van der Waals surface area contributed by atoms with E-state index < -0.39 is 10.0 Å². The molecule has 0 amide bonds. The highest BCUT2D eigenvalue weighted by atomic mass is 32.2. The summed E-state index contributed by atoms with van der Waals surface area (Å²) in [5.74, 6) is 0.817. The predicted octanol–water partition coefficient (Wildman–Crippen LogP) is 2.90. The number of rotatable bonds is 4. The second-order valence-electron chi connectivity index (χ2n) is 6.42. The highest BCUT2D eigenvalue weighted by Gasteiger charge is 2.32. The van der Waals surface area contributed by atoms with Crippen molar-refractivity contribution in [3.8, 4) is 5.75 Å². The fraction of sp³-hybridized carbons (Fsp3) is 0.368. The van der Waals surface area contributed by atoms with Gasteiger partial charge in [0.25, 0.3) is 0 Å². The van der Waals surface area contributed by atoms with Crippen molar-refractivity contribution >= 4 is 15.7 Å². The Morgan fingerprint density at radius 3 is 2.40 bits per heavy atom. The third-order valence-corrected chi connectivity index (χ3v) is 6.48. The minimum Gasteiger partial charge on any atom is -0.497 e. The van der Waals surface area contributed by atoms with Crippen molar-refractivity contribution in [2.45, 2.75) is 24.8 Å². The number of benzene rings is 2. The number of anilines is 1. The number of hydrogen-bond donors (Lipinski definition) is 0. The maximum atomic E-state index is 12.9. The zero-order chi connectivity index (χ0) is 18.0. The van der Waals surface area contributed by atoms with Gasteiger partial charge in [0.15, 0.2) is 0 Å². The zero-order valence-electron chi connectivity index (χ0n) is 14.8. The lowest BCUT2D eigenvalue weighted by molar-refractivity contribution is 0.342. The Kier molecular flexibility index (Phi) is 5.01. The fourth-order valence-corrected chi connectivity index (χ4v) is 4.84. The van der Waals surface area contributed by atoms with Crippen molar-refractivity contribution < 1.29 is 13.2 Å². The van der Waals surface area contributed by atoms with Crippen molar-refractivity contribution in [1.29, 1.82) is 0 Å². The molecule has 0 aromatic heterocycles. The summed E-state index contributed by atoms with van der Waals surface area (Å²) in [5.41, 5.74) is 2.03. The van der Waals surface area contributed by atoms with Gasteiger partial charge in [-0.1, -0.05) is 12.1 Å². The highest BCUT2D eigenvalue weighted by molar-refractivity contribution is 7.89. The molecule has 6 heteroatoms. The van der Waals surface area contributed by atoms with Gasteiger partial charge in [-0.2, -0.15) is 4.31 Å². The largest absolute Gasteiger partial charge is 0.497 e. The number of piperazine rings is 1. The molecule has 0 aliphatic carbocycles. The molecule has 1 aliphatic heterocycles. The van der Waals surface area contributed by atoms with E-state index in [-0.39, 0.29) is 6.04 Å². The molecule has 1 unspecified atom stereocenters. The summed E-state index contributed by atoms with van der Waals surface area (Å²) in [6.07, 6.45) is 0. The Labute approximate surface area is 149 Å². The molecule has 0 spiro atoms. The van der Waals surface area contributed by atoms with Crippen molar-refractivity contribution in [1.82, 2.24) is 4.31 Å². The summed E-state index contributed by atoms with van der Waals surface area (Å²) < 4.78 is 32.6. The van der Waals surface area contributed by atoms with Crippen LogP contribution in [0.4, 0.5) is 5.69 Å². The zero-order valence-corrected chi connectivity index (χ0v) is 15.7. The lowest BCUT2D eigenvalue weighted by Crippen LogP contribution is -2.53. The van der Waals surface area contributed by atoms with Gasteiger partial charge in [0.1, 0.15) is 5.75 Å². The number of aryl methyl sites for hydroxylation is 1. The Bertz CT molecular complexity index is 834. The van der Waals surface area contributed by atoms with E-state index in [1.165, 1.54) is 0 Å². The van der Waals surface area contributed by atoms with Gasteiger partial charge in [0.05, 0.1) is 12.0 Å². The summed E-state index contributed by atoms with van der Waals surface area (Å²) >= 11 is 0. The smallest absolute Gasteiger partial charge is 0.243 e. The van der Waals surface area contributed by atoms with Gasteiger partial charge >= 0.3 is 0 Å². The normalized spacial score (nSPS) is 19.0. The van der Waals surface area contributed by atoms with Crippen LogP contribution in [-0.2, 0) is 10.0 Å². The molecule has 3 rings (SSSR count). The van der Waals surface area contributed by atoms with Gasteiger partial charge in [-0.05, 0) is 55.8 Å². The molecule has 0 bridgehead atoms. The van der Waals surface area contributed by atoms with Gasteiger partial charge < -0.3 is 9.64 Å². The Morgan fingerprint density at radius 1 is 1.08 bits per heavy atom. The van der Waals surface area contributed by atoms with E-state index in [1.807, 2.05) is 37.3 Å². The molecule has 0 N–H and O–H groups in total. The third kappa shape index (κ3) is 3.65. The summed E-state index contributed by atoms with van der Waals surface area (Å²) in [5, 5.41) is 0. The third-order valence-electron chi connectivity index (χ3n) is 4.62. The lowest BCUT2D eigenvalue weighted by Gasteiger charge is -2.40. The molecule has 0 saturated carbocycles. The van der Waals surface area contributed by atoms with Crippen LogP contribution in [0, 0.1) is 6.92 Å². The van der Waals surface area contributed by atoms with Gasteiger partial charge in [-0.15, -0.1) is 0 Å². The van der Waals surface area contributed by atoms with E-state index in [4.69, 9.17) is 4.74 Å². The average molecular weight is 360 g/mol. The number of sulfonamides is 1. The molecule has 1 aliphatic rings. The van der Waals surface area contributed by atoms with Gasteiger partial charge in [-0.25, -0.2) is 8.42 Å². The first-order valence-corrected chi connectivity index (χ1v) is 9.83. The van der Waals surface area contributed by atoms with Crippen LogP contribution in [0.5, 0.6) is 5.75 Å². The molecule has 134 valence electrons. The second kappa shape index (κ2) is 7.06. The molecule has 1 heterocycles. The van der Waals surface area contributed by atoms with E-state index >= 15 is 0 Å². The van der Waals surface area contributed by atoms with E-state index in [9.17, 15) is 8.42 Å². The number of nitrogens with zero attached hydrogens (tertiary/aromatic N) is 2.